The normalized spacial score (nSPS) is 13.8. The average molecular weight is 339 g/mol. The van der Waals surface area contributed by atoms with E-state index in [1.165, 1.54) is 24.8 Å². The van der Waals surface area contributed by atoms with Crippen molar-refractivity contribution in [3.05, 3.63) is 65.2 Å². The first-order chi connectivity index (χ1) is 12.1. The average Bonchev–Trinajstić information content (AvgIpc) is 2.57. The zero-order valence-corrected chi connectivity index (χ0v) is 13.9. The molecule has 0 unspecified atom stereocenters. The first-order valence-corrected chi connectivity index (χ1v) is 8.43. The summed E-state index contributed by atoms with van der Waals surface area (Å²) in [5.74, 6) is -0.0225. The van der Waals surface area contributed by atoms with E-state index in [2.05, 4.69) is 5.32 Å². The van der Waals surface area contributed by atoms with Gasteiger partial charge in [-0.3, -0.25) is 4.79 Å². The van der Waals surface area contributed by atoms with Gasteiger partial charge in [-0.05, 0) is 54.2 Å². The third kappa shape index (κ3) is 4.59. The molecule has 5 nitrogen and oxygen atoms in total. The number of carbonyl (C=O) groups is 2. The number of rotatable bonds is 7. The third-order valence-corrected chi connectivity index (χ3v) is 4.46. The van der Waals surface area contributed by atoms with E-state index in [9.17, 15) is 9.59 Å². The predicted molar refractivity (Wildman–Crippen MR) is 93.8 cm³/mol. The van der Waals surface area contributed by atoms with Crippen LogP contribution in [0.1, 0.15) is 46.7 Å². The highest BCUT2D eigenvalue weighted by molar-refractivity contribution is 5.94. The summed E-state index contributed by atoms with van der Waals surface area (Å²) in [7, 11) is 0. The van der Waals surface area contributed by atoms with Gasteiger partial charge >= 0.3 is 5.97 Å². The molecule has 3 rings (SSSR count). The lowest BCUT2D eigenvalue weighted by Gasteiger charge is -2.25. The highest BCUT2D eigenvalue weighted by atomic mass is 16.5. The van der Waals surface area contributed by atoms with Gasteiger partial charge in [0.15, 0.2) is 6.61 Å². The molecule has 0 aromatic heterocycles. The van der Waals surface area contributed by atoms with E-state index in [1.54, 1.807) is 18.2 Å². The standard InChI is InChI=1S/C20H21NO4/c22-19(23)13-25-18-6-1-3-14(11-18)12-21-20(24)17-9-7-16(8-10-17)15-4-2-5-15/h1,3,6-11,15H,2,4-5,12-13H2,(H,21,24)(H,22,23). The second-order valence-corrected chi connectivity index (χ2v) is 6.26. The number of carbonyl (C=O) groups excluding carboxylic acids is 1. The van der Waals surface area contributed by atoms with Gasteiger partial charge in [-0.1, -0.05) is 30.7 Å². The maximum Gasteiger partial charge on any atom is 0.341 e. The molecule has 0 bridgehead atoms. The minimum atomic E-state index is -1.02. The number of amides is 1. The Labute approximate surface area is 146 Å². The van der Waals surface area contributed by atoms with Gasteiger partial charge in [0, 0.05) is 12.1 Å². The number of hydrogen-bond acceptors (Lipinski definition) is 3. The largest absolute Gasteiger partial charge is 0.482 e. The highest BCUT2D eigenvalue weighted by Gasteiger charge is 2.19. The Hall–Kier alpha value is -2.82. The number of aliphatic carboxylic acids is 1. The molecule has 0 saturated heterocycles. The first-order valence-electron chi connectivity index (χ1n) is 8.43. The molecule has 0 spiro atoms. The molecule has 0 aliphatic heterocycles. The lowest BCUT2D eigenvalue weighted by Crippen LogP contribution is -2.23. The smallest absolute Gasteiger partial charge is 0.341 e. The van der Waals surface area contributed by atoms with Crippen LogP contribution < -0.4 is 10.1 Å². The summed E-state index contributed by atoms with van der Waals surface area (Å²) in [4.78, 5) is 22.8. The van der Waals surface area contributed by atoms with Crippen LogP contribution in [0.15, 0.2) is 48.5 Å². The predicted octanol–water partition coefficient (Wildman–Crippen LogP) is 3.35. The zero-order chi connectivity index (χ0) is 17.6. The highest BCUT2D eigenvalue weighted by Crippen LogP contribution is 2.36. The Bertz CT molecular complexity index is 751. The van der Waals surface area contributed by atoms with Crippen molar-refractivity contribution in [3.63, 3.8) is 0 Å². The van der Waals surface area contributed by atoms with E-state index in [0.717, 1.165) is 5.56 Å². The van der Waals surface area contributed by atoms with Gasteiger partial charge in [0.2, 0.25) is 0 Å². The number of carboxylic acids is 1. The fourth-order valence-electron chi connectivity index (χ4n) is 2.82. The monoisotopic (exact) mass is 339 g/mol. The topological polar surface area (TPSA) is 75.6 Å². The number of carboxylic acid groups (broad SMARTS) is 1. The van der Waals surface area contributed by atoms with Crippen LogP contribution in [0.25, 0.3) is 0 Å². The Morgan fingerprint density at radius 3 is 2.52 bits per heavy atom. The van der Waals surface area contributed by atoms with Crippen LogP contribution in [-0.2, 0) is 11.3 Å². The van der Waals surface area contributed by atoms with Crippen LogP contribution in [0.3, 0.4) is 0 Å². The molecule has 1 saturated carbocycles. The third-order valence-electron chi connectivity index (χ3n) is 4.46. The zero-order valence-electron chi connectivity index (χ0n) is 13.9. The summed E-state index contributed by atoms with van der Waals surface area (Å²) in [6, 6.07) is 14.9. The van der Waals surface area contributed by atoms with Gasteiger partial charge < -0.3 is 15.2 Å². The van der Waals surface area contributed by atoms with Gasteiger partial charge in [0.25, 0.3) is 5.91 Å². The molecule has 2 aromatic rings. The SMILES string of the molecule is O=C(O)COc1cccc(CNC(=O)c2ccc(C3CCC3)cc2)c1. The lowest BCUT2D eigenvalue weighted by molar-refractivity contribution is -0.139. The molecule has 0 radical (unpaired) electrons. The molecule has 5 heteroatoms. The summed E-state index contributed by atoms with van der Waals surface area (Å²) in [5.41, 5.74) is 2.80. The van der Waals surface area contributed by atoms with Crippen molar-refractivity contribution >= 4 is 11.9 Å². The van der Waals surface area contributed by atoms with Crippen LogP contribution in [0.4, 0.5) is 0 Å². The van der Waals surface area contributed by atoms with Gasteiger partial charge in [-0.25, -0.2) is 4.79 Å². The van der Waals surface area contributed by atoms with Gasteiger partial charge in [-0.2, -0.15) is 0 Å². The molecule has 1 amide bonds. The molecule has 1 aliphatic rings. The van der Waals surface area contributed by atoms with Gasteiger partial charge in [-0.15, -0.1) is 0 Å². The van der Waals surface area contributed by atoms with E-state index in [1.807, 2.05) is 30.3 Å². The summed E-state index contributed by atoms with van der Waals surface area (Å²) in [6.45, 7) is -0.0311. The molecular weight excluding hydrogens is 318 g/mol. The van der Waals surface area contributed by atoms with Crippen molar-refractivity contribution in [1.82, 2.24) is 5.32 Å². The maximum atomic E-state index is 12.3. The summed E-state index contributed by atoms with van der Waals surface area (Å²) < 4.78 is 5.14. The van der Waals surface area contributed by atoms with E-state index in [4.69, 9.17) is 9.84 Å². The van der Waals surface area contributed by atoms with Crippen LogP contribution in [0.2, 0.25) is 0 Å². The Kier molecular flexibility index (Phi) is 5.33. The van der Waals surface area contributed by atoms with Gasteiger partial charge in [0.1, 0.15) is 5.75 Å². The summed E-state index contributed by atoms with van der Waals surface area (Å²) in [6.07, 6.45) is 3.78. The Morgan fingerprint density at radius 2 is 1.88 bits per heavy atom. The molecule has 1 fully saturated rings. The van der Waals surface area contributed by atoms with Crippen molar-refractivity contribution in [2.75, 3.05) is 6.61 Å². The molecule has 25 heavy (non-hydrogen) atoms. The van der Waals surface area contributed by atoms with E-state index in [-0.39, 0.29) is 12.5 Å². The number of ether oxygens (including phenoxy) is 1. The number of hydrogen-bond donors (Lipinski definition) is 2. The fourth-order valence-corrected chi connectivity index (χ4v) is 2.82. The second kappa shape index (κ2) is 7.83. The van der Waals surface area contributed by atoms with Crippen LogP contribution in [0, 0.1) is 0 Å². The molecule has 0 heterocycles. The van der Waals surface area contributed by atoms with Crippen molar-refractivity contribution < 1.29 is 19.4 Å². The number of nitrogens with one attached hydrogen (secondary N) is 1. The van der Waals surface area contributed by atoms with E-state index < -0.39 is 5.97 Å². The van der Waals surface area contributed by atoms with Crippen LogP contribution >= 0.6 is 0 Å². The van der Waals surface area contributed by atoms with Crippen molar-refractivity contribution in [2.45, 2.75) is 31.7 Å². The van der Waals surface area contributed by atoms with E-state index in [0.29, 0.717) is 23.8 Å². The molecule has 130 valence electrons. The maximum absolute atomic E-state index is 12.3. The minimum Gasteiger partial charge on any atom is -0.482 e. The minimum absolute atomic E-state index is 0.128. The van der Waals surface area contributed by atoms with Crippen molar-refractivity contribution in [1.29, 1.82) is 0 Å². The second-order valence-electron chi connectivity index (χ2n) is 6.26. The summed E-state index contributed by atoms with van der Waals surface area (Å²) >= 11 is 0. The molecule has 2 N–H and O–H groups in total. The molecule has 0 atom stereocenters. The first kappa shape index (κ1) is 17.0. The Morgan fingerprint density at radius 1 is 1.12 bits per heavy atom. The fraction of sp³-hybridized carbons (Fsp3) is 0.300. The summed E-state index contributed by atoms with van der Waals surface area (Å²) in [5, 5.41) is 11.5. The van der Waals surface area contributed by atoms with Crippen LogP contribution in [-0.4, -0.2) is 23.6 Å². The quantitative estimate of drug-likeness (QED) is 0.811. The van der Waals surface area contributed by atoms with Crippen LogP contribution in [0.5, 0.6) is 5.75 Å². The molecule has 2 aromatic carbocycles. The Balaban J connectivity index is 1.54. The van der Waals surface area contributed by atoms with E-state index >= 15 is 0 Å². The van der Waals surface area contributed by atoms with Crippen molar-refractivity contribution in [2.24, 2.45) is 0 Å². The van der Waals surface area contributed by atoms with Crippen molar-refractivity contribution in [3.8, 4) is 5.75 Å². The number of benzene rings is 2. The molecular formula is C20H21NO4. The lowest BCUT2D eigenvalue weighted by atomic mass is 9.80. The molecule has 1 aliphatic carbocycles. The van der Waals surface area contributed by atoms with Gasteiger partial charge in [0.05, 0.1) is 0 Å².